The van der Waals surface area contributed by atoms with Crippen LogP contribution in [0.2, 0.25) is 0 Å². The topological polar surface area (TPSA) is 98.2 Å². The zero-order valence-corrected chi connectivity index (χ0v) is 19.9. The van der Waals surface area contributed by atoms with Crippen LogP contribution in [0.3, 0.4) is 0 Å². The summed E-state index contributed by atoms with van der Waals surface area (Å²) in [4.78, 5) is 26.0. The fraction of sp³-hybridized carbons (Fsp3) is 0.0690. The third-order valence-electron chi connectivity index (χ3n) is 5.75. The van der Waals surface area contributed by atoms with Gasteiger partial charge in [0.1, 0.15) is 11.4 Å². The molecule has 1 aliphatic heterocycles. The normalized spacial score (nSPS) is 12.5. The van der Waals surface area contributed by atoms with Crippen molar-refractivity contribution in [2.24, 2.45) is 5.10 Å². The molecule has 8 nitrogen and oxygen atoms in total. The number of fused-ring (bicyclic) bond motifs is 2. The van der Waals surface area contributed by atoms with E-state index in [2.05, 4.69) is 15.8 Å². The van der Waals surface area contributed by atoms with Crippen LogP contribution >= 0.6 is 0 Å². The Kier molecular flexibility index (Phi) is 6.80. The third kappa shape index (κ3) is 5.28. The molecule has 2 amide bonds. The molecule has 1 heterocycles. The van der Waals surface area contributed by atoms with Crippen molar-refractivity contribution in [3.05, 3.63) is 107 Å². The molecule has 0 atom stereocenters. The summed E-state index contributed by atoms with van der Waals surface area (Å²) in [5.74, 6) is 0.763. The minimum atomic E-state index is -0.600. The highest BCUT2D eigenvalue weighted by Gasteiger charge is 2.17. The first-order valence-electron chi connectivity index (χ1n) is 11.5. The first-order chi connectivity index (χ1) is 18.1. The van der Waals surface area contributed by atoms with Crippen molar-refractivity contribution in [1.82, 2.24) is 10.7 Å². The van der Waals surface area contributed by atoms with Crippen molar-refractivity contribution in [2.75, 3.05) is 13.9 Å². The van der Waals surface area contributed by atoms with Gasteiger partial charge in [0.15, 0.2) is 11.5 Å². The maximum atomic E-state index is 13.2. The number of nitrogens with zero attached hydrogens (tertiary/aromatic N) is 1. The van der Waals surface area contributed by atoms with Crippen LogP contribution in [0, 0.1) is 0 Å². The zero-order valence-electron chi connectivity index (χ0n) is 19.9. The van der Waals surface area contributed by atoms with Gasteiger partial charge in [-0.25, -0.2) is 5.43 Å². The minimum absolute atomic E-state index is 0.00903. The molecule has 5 rings (SSSR count). The molecule has 0 radical (unpaired) electrons. The second-order valence-electron chi connectivity index (χ2n) is 8.09. The molecular weight excluding hydrogens is 470 g/mol. The van der Waals surface area contributed by atoms with E-state index < -0.39 is 11.8 Å². The van der Waals surface area contributed by atoms with Crippen molar-refractivity contribution in [2.45, 2.75) is 0 Å². The van der Waals surface area contributed by atoms with Crippen molar-refractivity contribution in [3.8, 4) is 17.2 Å². The second-order valence-corrected chi connectivity index (χ2v) is 8.09. The van der Waals surface area contributed by atoms with Gasteiger partial charge in [0.05, 0.1) is 13.3 Å². The van der Waals surface area contributed by atoms with Crippen LogP contribution in [0.25, 0.3) is 16.8 Å². The molecule has 0 saturated heterocycles. The number of hydrazone groups is 1. The fourth-order valence-corrected chi connectivity index (χ4v) is 3.91. The van der Waals surface area contributed by atoms with Crippen molar-refractivity contribution in [1.29, 1.82) is 0 Å². The maximum absolute atomic E-state index is 13.2. The molecule has 4 aromatic carbocycles. The van der Waals surface area contributed by atoms with Crippen molar-refractivity contribution in [3.63, 3.8) is 0 Å². The number of ether oxygens (including phenoxy) is 3. The maximum Gasteiger partial charge on any atom is 0.287 e. The molecule has 0 fully saturated rings. The summed E-state index contributed by atoms with van der Waals surface area (Å²) in [6.45, 7) is 0.132. The molecule has 0 saturated carbocycles. The SMILES string of the molecule is COc1ccc2ccccc2c1C=NNC(=O)C(=Cc1ccc2c(c1)OCO2)NC(=O)c1ccccc1. The van der Waals surface area contributed by atoms with Gasteiger partial charge < -0.3 is 19.5 Å². The number of carbonyl (C=O) groups is 2. The predicted molar refractivity (Wildman–Crippen MR) is 141 cm³/mol. The van der Waals surface area contributed by atoms with Gasteiger partial charge in [-0.1, -0.05) is 54.6 Å². The van der Waals surface area contributed by atoms with Gasteiger partial charge in [-0.3, -0.25) is 9.59 Å². The highest BCUT2D eigenvalue weighted by atomic mass is 16.7. The minimum Gasteiger partial charge on any atom is -0.496 e. The first-order valence-corrected chi connectivity index (χ1v) is 11.5. The van der Waals surface area contributed by atoms with Crippen LogP contribution in [-0.2, 0) is 4.79 Å². The molecule has 184 valence electrons. The van der Waals surface area contributed by atoms with E-state index in [1.54, 1.807) is 55.7 Å². The summed E-state index contributed by atoms with van der Waals surface area (Å²) >= 11 is 0. The molecule has 2 N–H and O–H groups in total. The lowest BCUT2D eigenvalue weighted by Gasteiger charge is -2.10. The van der Waals surface area contributed by atoms with E-state index in [4.69, 9.17) is 14.2 Å². The average Bonchev–Trinajstić information content (AvgIpc) is 3.41. The Balaban J connectivity index is 1.42. The molecule has 0 spiro atoms. The monoisotopic (exact) mass is 493 g/mol. The van der Waals surface area contributed by atoms with E-state index in [1.807, 2.05) is 42.5 Å². The van der Waals surface area contributed by atoms with Crippen LogP contribution < -0.4 is 25.0 Å². The summed E-state index contributed by atoms with van der Waals surface area (Å²) in [6.07, 6.45) is 3.07. The summed E-state index contributed by atoms with van der Waals surface area (Å²) in [7, 11) is 1.57. The van der Waals surface area contributed by atoms with E-state index in [-0.39, 0.29) is 12.5 Å². The number of carbonyl (C=O) groups excluding carboxylic acids is 2. The quantitative estimate of drug-likeness (QED) is 0.224. The average molecular weight is 494 g/mol. The van der Waals surface area contributed by atoms with Crippen LogP contribution in [0.5, 0.6) is 17.2 Å². The Bertz CT molecular complexity index is 1530. The Labute approximate surface area is 213 Å². The molecule has 4 aromatic rings. The van der Waals surface area contributed by atoms with Crippen molar-refractivity contribution >= 4 is 34.9 Å². The van der Waals surface area contributed by atoms with E-state index in [1.165, 1.54) is 6.21 Å². The summed E-state index contributed by atoms with van der Waals surface area (Å²) in [6, 6.07) is 25.5. The predicted octanol–water partition coefficient (Wildman–Crippen LogP) is 4.50. The lowest BCUT2D eigenvalue weighted by atomic mass is 10.0. The van der Waals surface area contributed by atoms with Gasteiger partial charge in [0, 0.05) is 11.1 Å². The van der Waals surface area contributed by atoms with Crippen LogP contribution in [0.1, 0.15) is 21.5 Å². The Morgan fingerprint density at radius 2 is 1.70 bits per heavy atom. The number of methoxy groups -OCH3 is 1. The number of hydrogen-bond donors (Lipinski definition) is 2. The highest BCUT2D eigenvalue weighted by molar-refractivity contribution is 6.06. The smallest absolute Gasteiger partial charge is 0.287 e. The molecule has 37 heavy (non-hydrogen) atoms. The van der Waals surface area contributed by atoms with Gasteiger partial charge in [-0.05, 0) is 52.7 Å². The lowest BCUT2D eigenvalue weighted by molar-refractivity contribution is -0.117. The number of nitrogens with one attached hydrogen (secondary N) is 2. The number of hydrogen-bond acceptors (Lipinski definition) is 6. The zero-order chi connectivity index (χ0) is 25.6. The molecule has 0 aliphatic carbocycles. The molecule has 1 aliphatic rings. The van der Waals surface area contributed by atoms with Gasteiger partial charge in [-0.15, -0.1) is 0 Å². The third-order valence-corrected chi connectivity index (χ3v) is 5.75. The van der Waals surface area contributed by atoms with E-state index in [9.17, 15) is 9.59 Å². The second kappa shape index (κ2) is 10.7. The highest BCUT2D eigenvalue weighted by Crippen LogP contribution is 2.33. The summed E-state index contributed by atoms with van der Waals surface area (Å²) in [5.41, 5.74) is 4.29. The Morgan fingerprint density at radius 1 is 0.919 bits per heavy atom. The molecule has 0 bridgehead atoms. The van der Waals surface area contributed by atoms with Gasteiger partial charge in [0.25, 0.3) is 11.8 Å². The fourth-order valence-electron chi connectivity index (χ4n) is 3.91. The van der Waals surface area contributed by atoms with Crippen LogP contribution in [0.15, 0.2) is 95.7 Å². The first kappa shape index (κ1) is 23.6. The number of rotatable bonds is 7. The van der Waals surface area contributed by atoms with E-state index in [0.29, 0.717) is 28.4 Å². The largest absolute Gasteiger partial charge is 0.496 e. The number of benzene rings is 4. The summed E-state index contributed by atoms with van der Waals surface area (Å²) in [5, 5.41) is 8.78. The Hall–Kier alpha value is -5.11. The summed E-state index contributed by atoms with van der Waals surface area (Å²) < 4.78 is 16.3. The number of amides is 2. The molecule has 0 unspecified atom stereocenters. The van der Waals surface area contributed by atoms with Gasteiger partial charge in [0.2, 0.25) is 6.79 Å². The van der Waals surface area contributed by atoms with Gasteiger partial charge in [-0.2, -0.15) is 5.10 Å². The van der Waals surface area contributed by atoms with E-state index in [0.717, 1.165) is 16.3 Å². The van der Waals surface area contributed by atoms with Crippen LogP contribution in [-0.4, -0.2) is 31.9 Å². The Morgan fingerprint density at radius 3 is 2.54 bits per heavy atom. The molecule has 0 aromatic heterocycles. The van der Waals surface area contributed by atoms with Crippen molar-refractivity contribution < 1.29 is 23.8 Å². The lowest BCUT2D eigenvalue weighted by Crippen LogP contribution is -2.32. The molecule has 8 heteroatoms. The molecular formula is C29H23N3O5. The standard InChI is InChI=1S/C29H23N3O5/c1-35-25-14-12-20-7-5-6-10-22(20)23(25)17-30-32-29(34)24(31-28(33)21-8-3-2-4-9-21)15-19-11-13-26-27(16-19)37-18-36-26/h2-17H,18H2,1H3,(H,31,33)(H,32,34). The van der Waals surface area contributed by atoms with E-state index >= 15 is 0 Å². The van der Waals surface area contributed by atoms with Crippen LogP contribution in [0.4, 0.5) is 0 Å². The van der Waals surface area contributed by atoms with Gasteiger partial charge >= 0.3 is 0 Å².